The Morgan fingerprint density at radius 1 is 1.29 bits per heavy atom. The summed E-state index contributed by atoms with van der Waals surface area (Å²) in [6.07, 6.45) is 5.15. The van der Waals surface area contributed by atoms with E-state index in [1.807, 2.05) is 18.2 Å². The van der Waals surface area contributed by atoms with Crippen LogP contribution in [0.25, 0.3) is 6.08 Å². The zero-order valence-corrected chi connectivity index (χ0v) is 13.2. The van der Waals surface area contributed by atoms with Crippen molar-refractivity contribution in [1.82, 2.24) is 10.2 Å². The Kier molecular flexibility index (Phi) is 6.02. The molecule has 112 valence electrons. The van der Waals surface area contributed by atoms with Gasteiger partial charge in [-0.15, -0.1) is 10.2 Å². The van der Waals surface area contributed by atoms with Crippen molar-refractivity contribution < 1.29 is 4.42 Å². The first-order valence-electron chi connectivity index (χ1n) is 7.14. The molecule has 0 spiro atoms. The van der Waals surface area contributed by atoms with Gasteiger partial charge >= 0.3 is 0 Å². The summed E-state index contributed by atoms with van der Waals surface area (Å²) in [7, 11) is 0. The number of nitrogens with two attached hydrogens (primary N) is 1. The fraction of sp³-hybridized carbons (Fsp3) is 0.375. The highest BCUT2D eigenvalue weighted by Crippen LogP contribution is 2.24. The highest BCUT2D eigenvalue weighted by molar-refractivity contribution is 7.99. The monoisotopic (exact) mass is 303 g/mol. The third-order valence-corrected chi connectivity index (χ3v) is 4.15. The van der Waals surface area contributed by atoms with E-state index in [0.29, 0.717) is 17.0 Å². The summed E-state index contributed by atoms with van der Waals surface area (Å²) < 4.78 is 5.60. The Morgan fingerprint density at radius 3 is 2.76 bits per heavy atom. The number of hydrogen-bond acceptors (Lipinski definition) is 5. The quantitative estimate of drug-likeness (QED) is 0.785. The molecule has 2 aromatic rings. The Balaban J connectivity index is 1.84. The van der Waals surface area contributed by atoms with Crippen LogP contribution >= 0.6 is 11.8 Å². The average Bonchev–Trinajstić information content (AvgIpc) is 3.00. The second-order valence-electron chi connectivity index (χ2n) is 4.94. The van der Waals surface area contributed by atoms with Crippen LogP contribution < -0.4 is 5.73 Å². The van der Waals surface area contributed by atoms with Crippen LogP contribution in [0, 0.1) is 5.92 Å². The second-order valence-corrected chi connectivity index (χ2v) is 5.91. The smallest absolute Gasteiger partial charge is 0.276 e. The minimum atomic E-state index is -0.184. The van der Waals surface area contributed by atoms with Crippen LogP contribution in [0.1, 0.15) is 37.8 Å². The summed E-state index contributed by atoms with van der Waals surface area (Å²) in [4.78, 5) is 0. The maximum atomic E-state index is 6.07. The van der Waals surface area contributed by atoms with Gasteiger partial charge in [0.15, 0.2) is 0 Å². The van der Waals surface area contributed by atoms with Crippen LogP contribution in [0.5, 0.6) is 0 Å². The van der Waals surface area contributed by atoms with E-state index in [0.717, 1.165) is 12.2 Å². The van der Waals surface area contributed by atoms with Gasteiger partial charge < -0.3 is 10.2 Å². The minimum absolute atomic E-state index is 0.184. The fourth-order valence-corrected chi connectivity index (χ4v) is 2.36. The molecule has 21 heavy (non-hydrogen) atoms. The zero-order chi connectivity index (χ0) is 15.1. The maximum Gasteiger partial charge on any atom is 0.276 e. The van der Waals surface area contributed by atoms with Crippen LogP contribution in [0.3, 0.4) is 0 Å². The van der Waals surface area contributed by atoms with E-state index in [-0.39, 0.29) is 6.04 Å². The minimum Gasteiger partial charge on any atom is -0.414 e. The lowest BCUT2D eigenvalue weighted by Gasteiger charge is -2.13. The Hall–Kier alpha value is -1.59. The van der Waals surface area contributed by atoms with Gasteiger partial charge in [-0.25, -0.2) is 0 Å². The fourth-order valence-electron chi connectivity index (χ4n) is 1.78. The lowest BCUT2D eigenvalue weighted by molar-refractivity contribution is 0.333. The summed E-state index contributed by atoms with van der Waals surface area (Å²) >= 11 is 1.51. The van der Waals surface area contributed by atoms with E-state index in [9.17, 15) is 0 Å². The molecule has 0 amide bonds. The van der Waals surface area contributed by atoms with Crippen molar-refractivity contribution >= 4 is 17.8 Å². The summed E-state index contributed by atoms with van der Waals surface area (Å²) in [5.41, 5.74) is 7.26. The van der Waals surface area contributed by atoms with Gasteiger partial charge in [0, 0.05) is 5.75 Å². The number of rotatable bonds is 7. The lowest BCUT2D eigenvalue weighted by atomic mass is 10.0. The molecule has 0 radical (unpaired) electrons. The molecular formula is C16H21N3OS. The van der Waals surface area contributed by atoms with E-state index in [2.05, 4.69) is 48.3 Å². The van der Waals surface area contributed by atoms with Crippen molar-refractivity contribution in [1.29, 1.82) is 0 Å². The molecule has 0 saturated carbocycles. The van der Waals surface area contributed by atoms with Crippen molar-refractivity contribution in [3.05, 3.63) is 47.9 Å². The summed E-state index contributed by atoms with van der Waals surface area (Å²) in [6.45, 7) is 4.19. The molecule has 0 bridgehead atoms. The van der Waals surface area contributed by atoms with Crippen LogP contribution in [0.15, 0.2) is 46.0 Å². The van der Waals surface area contributed by atoms with Gasteiger partial charge in [-0.2, -0.15) is 0 Å². The first kappa shape index (κ1) is 15.8. The highest BCUT2D eigenvalue weighted by atomic mass is 32.2. The van der Waals surface area contributed by atoms with E-state index in [1.165, 1.54) is 17.3 Å². The molecule has 0 fully saturated rings. The van der Waals surface area contributed by atoms with Crippen molar-refractivity contribution in [3.8, 4) is 0 Å². The molecule has 0 unspecified atom stereocenters. The topological polar surface area (TPSA) is 64.9 Å². The first-order valence-corrected chi connectivity index (χ1v) is 8.12. The number of nitrogens with zero attached hydrogens (tertiary/aromatic N) is 2. The van der Waals surface area contributed by atoms with Gasteiger partial charge in [-0.1, -0.05) is 74.5 Å². The molecule has 1 heterocycles. The van der Waals surface area contributed by atoms with Crippen molar-refractivity contribution in [2.75, 3.05) is 5.75 Å². The summed E-state index contributed by atoms with van der Waals surface area (Å²) in [5, 5.41) is 8.64. The molecule has 0 aliphatic rings. The van der Waals surface area contributed by atoms with Crippen molar-refractivity contribution in [3.63, 3.8) is 0 Å². The standard InChI is InChI=1S/C16H21N3OS/c1-3-12(2)14(17)15-18-19-16(20-15)21-11-7-10-13-8-5-4-6-9-13/h4-10,12,14H,3,11,17H2,1-2H3/b10-7+/t12-,14+/m0/s1. The molecule has 2 atom stereocenters. The Labute approximate surface area is 129 Å². The molecule has 5 heteroatoms. The Bertz CT molecular complexity index is 568. The van der Waals surface area contributed by atoms with Crippen LogP contribution in [-0.2, 0) is 0 Å². The third-order valence-electron chi connectivity index (χ3n) is 3.38. The molecular weight excluding hydrogens is 282 g/mol. The van der Waals surface area contributed by atoms with E-state index in [4.69, 9.17) is 10.2 Å². The molecule has 2 N–H and O–H groups in total. The maximum absolute atomic E-state index is 6.07. The summed E-state index contributed by atoms with van der Waals surface area (Å²) in [6, 6.07) is 10.00. The zero-order valence-electron chi connectivity index (χ0n) is 12.4. The average molecular weight is 303 g/mol. The number of thioether (sulfide) groups is 1. The first-order chi connectivity index (χ1) is 10.2. The lowest BCUT2D eigenvalue weighted by Crippen LogP contribution is -2.18. The van der Waals surface area contributed by atoms with Crippen molar-refractivity contribution in [2.45, 2.75) is 31.5 Å². The largest absolute Gasteiger partial charge is 0.414 e. The molecule has 0 aliphatic carbocycles. The van der Waals surface area contributed by atoms with Gasteiger partial charge in [-0.3, -0.25) is 0 Å². The van der Waals surface area contributed by atoms with Crippen LogP contribution in [0.2, 0.25) is 0 Å². The van der Waals surface area contributed by atoms with Gasteiger partial charge in [0.25, 0.3) is 5.22 Å². The predicted octanol–water partition coefficient (Wildman–Crippen LogP) is 3.92. The number of benzene rings is 1. The number of hydrogen-bond donors (Lipinski definition) is 1. The second kappa shape index (κ2) is 8.00. The normalized spacial score (nSPS) is 14.4. The van der Waals surface area contributed by atoms with Gasteiger partial charge in [-0.05, 0) is 11.5 Å². The highest BCUT2D eigenvalue weighted by Gasteiger charge is 2.19. The Morgan fingerprint density at radius 2 is 2.05 bits per heavy atom. The molecule has 0 aliphatic heterocycles. The van der Waals surface area contributed by atoms with Crippen LogP contribution in [-0.4, -0.2) is 16.0 Å². The van der Waals surface area contributed by atoms with E-state index < -0.39 is 0 Å². The van der Waals surface area contributed by atoms with Gasteiger partial charge in [0.1, 0.15) is 0 Å². The van der Waals surface area contributed by atoms with Gasteiger partial charge in [0.2, 0.25) is 5.89 Å². The molecule has 1 aromatic heterocycles. The van der Waals surface area contributed by atoms with E-state index in [1.54, 1.807) is 0 Å². The molecule has 4 nitrogen and oxygen atoms in total. The SMILES string of the molecule is CC[C@H](C)[C@@H](N)c1nnc(SC/C=C/c2ccccc2)o1. The van der Waals surface area contributed by atoms with Gasteiger partial charge in [0.05, 0.1) is 6.04 Å². The van der Waals surface area contributed by atoms with Crippen molar-refractivity contribution in [2.24, 2.45) is 11.7 Å². The molecule has 2 rings (SSSR count). The summed E-state index contributed by atoms with van der Waals surface area (Å²) in [5.74, 6) is 1.65. The third kappa shape index (κ3) is 4.72. The van der Waals surface area contributed by atoms with Crippen LogP contribution in [0.4, 0.5) is 0 Å². The molecule has 1 aromatic carbocycles. The number of aromatic nitrogens is 2. The molecule has 0 saturated heterocycles. The van der Waals surface area contributed by atoms with E-state index >= 15 is 0 Å². The predicted molar refractivity (Wildman–Crippen MR) is 86.9 cm³/mol.